The molecule has 5 aromatic carbocycles. The van der Waals surface area contributed by atoms with Crippen LogP contribution >= 0.6 is 136 Å². The Morgan fingerprint density at radius 1 is 0.406 bits per heavy atom. The van der Waals surface area contributed by atoms with E-state index in [4.69, 9.17) is 18.9 Å². The molecule has 0 spiro atoms. The molecule has 2 unspecified atom stereocenters. The molecule has 2 saturated carbocycles. The monoisotopic (exact) mass is 2070 g/mol. The highest BCUT2D eigenvalue weighted by molar-refractivity contribution is 14.1. The molecular formula is C70H83I6N5O20. The normalized spacial score (nSPS) is 21.8. The molecular weight excluding hydrogens is 1990 g/mol. The number of nitrogens with zero attached hydrogens (tertiary/aromatic N) is 5. The summed E-state index contributed by atoms with van der Waals surface area (Å²) in [5, 5.41) is 75.6. The van der Waals surface area contributed by atoms with Crippen molar-refractivity contribution in [2.24, 2.45) is 43.3 Å². The van der Waals surface area contributed by atoms with Gasteiger partial charge in [0.05, 0.1) is 73.5 Å². The number of aliphatic hydroxyl groups excluding tert-OH is 2. The molecule has 31 heteroatoms. The summed E-state index contributed by atoms with van der Waals surface area (Å²) in [4.78, 5) is 105. The van der Waals surface area contributed by atoms with Gasteiger partial charge < -0.3 is 29.2 Å². The van der Waals surface area contributed by atoms with Crippen molar-refractivity contribution in [1.82, 2.24) is 0 Å². The number of rotatable bonds is 13. The number of benzene rings is 5. The van der Waals surface area contributed by atoms with E-state index in [0.29, 0.717) is 58.6 Å². The van der Waals surface area contributed by atoms with Gasteiger partial charge in [-0.05, 0) is 247 Å². The first-order chi connectivity index (χ1) is 45.9. The van der Waals surface area contributed by atoms with Crippen LogP contribution in [0.5, 0.6) is 0 Å². The number of nitro groups is 5. The molecule has 4 aliphatic rings. The van der Waals surface area contributed by atoms with E-state index in [-0.39, 0.29) is 33.4 Å². The van der Waals surface area contributed by atoms with Gasteiger partial charge in [-0.15, -0.1) is 0 Å². The molecule has 25 nitrogen and oxygen atoms in total. The minimum Gasteiger partial charge on any atom is -0.454 e. The second-order valence-electron chi connectivity index (χ2n) is 30.9. The smallest absolute Gasteiger partial charge is 0.351 e. The molecule has 550 valence electrons. The lowest BCUT2D eigenvalue weighted by Gasteiger charge is -2.38. The average Bonchev–Trinajstić information content (AvgIpc) is 1.53. The SMILES string of the molecule is CC(C)(C)C(O)c1ccc(I)cc1[N+](=O)[O-].CC(C)(C)C(OC(=O)[C@@]12CC[C@@](C)(C(=O)O1)C2(C)C)c1ccc(I)cc1[N+](=O)[O-].CC(C)(C)[C@@H](O)c1ccc(I)cc1[N+](=O)[O-].CC(C)(C)[C@@H](OC(=O)[C@@]12CC[C@@](C)(C(=O)O1)C2(C)C)c1ccc(I)cc1[N+](=O)[O-].O=[N+]([O-])c1cc(I)ccc1I. The van der Waals surface area contributed by atoms with Crippen LogP contribution in [-0.4, -0.2) is 69.9 Å². The molecule has 8 atom stereocenters. The minimum absolute atomic E-state index is 0.0191. The Hall–Kier alpha value is -4.72. The van der Waals surface area contributed by atoms with Gasteiger partial charge in [-0.1, -0.05) is 111 Å². The number of nitro benzene ring substituents is 5. The van der Waals surface area contributed by atoms with Crippen LogP contribution in [0.3, 0.4) is 0 Å². The zero-order chi connectivity index (χ0) is 77.4. The summed E-state index contributed by atoms with van der Waals surface area (Å²) in [6.45, 7) is 33.3. The van der Waals surface area contributed by atoms with Crippen molar-refractivity contribution in [3.8, 4) is 0 Å². The molecule has 4 bridgehead atoms. The second kappa shape index (κ2) is 32.2. The van der Waals surface area contributed by atoms with Crippen molar-refractivity contribution in [3.05, 3.63) is 185 Å². The van der Waals surface area contributed by atoms with Crippen LogP contribution in [0.4, 0.5) is 28.4 Å². The number of halogens is 6. The van der Waals surface area contributed by atoms with E-state index in [9.17, 15) is 80.0 Å². The number of carbonyl (C=O) groups is 4. The highest BCUT2D eigenvalue weighted by Gasteiger charge is 2.78. The van der Waals surface area contributed by atoms with E-state index in [1.54, 1.807) is 60.7 Å². The fourth-order valence-electron chi connectivity index (χ4n) is 12.4. The van der Waals surface area contributed by atoms with Crippen LogP contribution in [0.1, 0.15) is 197 Å². The van der Waals surface area contributed by atoms with Gasteiger partial charge in [0.15, 0.2) is 0 Å². The minimum atomic E-state index is -1.37. The van der Waals surface area contributed by atoms with Gasteiger partial charge in [0.25, 0.3) is 28.4 Å². The summed E-state index contributed by atoms with van der Waals surface area (Å²) in [5.41, 5.74) is -6.45. The molecule has 2 saturated heterocycles. The maximum Gasteiger partial charge on any atom is 0.351 e. The van der Waals surface area contributed by atoms with Gasteiger partial charge in [-0.2, -0.15) is 0 Å². The Morgan fingerprint density at radius 2 is 0.644 bits per heavy atom. The number of ether oxygens (including phenoxy) is 4. The third-order valence-electron chi connectivity index (χ3n) is 19.5. The lowest BCUT2D eigenvalue weighted by atomic mass is 9.66. The fraction of sp³-hybridized carbons (Fsp3) is 0.514. The first-order valence-corrected chi connectivity index (χ1v) is 38.0. The summed E-state index contributed by atoms with van der Waals surface area (Å²) >= 11 is 12.0. The van der Waals surface area contributed by atoms with Crippen LogP contribution in [0.15, 0.2) is 91.0 Å². The molecule has 2 aliphatic heterocycles. The Morgan fingerprint density at radius 3 is 0.851 bits per heavy atom. The Labute approximate surface area is 668 Å². The molecule has 9 rings (SSSR count). The predicted molar refractivity (Wildman–Crippen MR) is 427 cm³/mol. The van der Waals surface area contributed by atoms with Crippen molar-refractivity contribution in [1.29, 1.82) is 0 Å². The molecule has 2 aliphatic carbocycles. The third-order valence-corrected chi connectivity index (χ3v) is 23.8. The lowest BCUT2D eigenvalue weighted by Crippen LogP contribution is -2.49. The van der Waals surface area contributed by atoms with Gasteiger partial charge in [0, 0.05) is 69.8 Å². The molecule has 4 fully saturated rings. The van der Waals surface area contributed by atoms with E-state index in [1.807, 2.05) is 266 Å². The zero-order valence-corrected chi connectivity index (χ0v) is 72.0. The molecule has 5 aromatic rings. The summed E-state index contributed by atoms with van der Waals surface area (Å²) in [7, 11) is 0. The van der Waals surface area contributed by atoms with Crippen molar-refractivity contribution in [2.45, 2.75) is 186 Å². The van der Waals surface area contributed by atoms with Crippen LogP contribution in [-0.2, 0) is 38.1 Å². The molecule has 0 amide bonds. The summed E-state index contributed by atoms with van der Waals surface area (Å²) < 4.78 is 27.7. The van der Waals surface area contributed by atoms with Crippen molar-refractivity contribution < 1.29 is 73.0 Å². The second-order valence-corrected chi connectivity index (χ2v) is 38.3. The molecule has 0 radical (unpaired) electrons. The molecule has 101 heavy (non-hydrogen) atoms. The van der Waals surface area contributed by atoms with E-state index in [2.05, 4.69) is 0 Å². The van der Waals surface area contributed by atoms with Crippen molar-refractivity contribution in [3.63, 3.8) is 0 Å². The number of carbonyl (C=O) groups excluding carboxylic acids is 4. The van der Waals surface area contributed by atoms with E-state index < -0.39 is 123 Å². The molecule has 2 heterocycles. The largest absolute Gasteiger partial charge is 0.454 e. The summed E-state index contributed by atoms with van der Waals surface area (Å²) in [6.07, 6.45) is -1.59. The first kappa shape index (κ1) is 86.9. The Balaban J connectivity index is 0.000000238. The topological polar surface area (TPSA) is 361 Å². The number of hydrogen-bond acceptors (Lipinski definition) is 20. The van der Waals surface area contributed by atoms with E-state index in [1.165, 1.54) is 24.3 Å². The van der Waals surface area contributed by atoms with Gasteiger partial charge in [-0.3, -0.25) is 60.2 Å². The maximum absolute atomic E-state index is 13.4. The van der Waals surface area contributed by atoms with Crippen molar-refractivity contribution in [2.75, 3.05) is 0 Å². The average molecular weight is 2080 g/mol. The maximum atomic E-state index is 13.4. The van der Waals surface area contributed by atoms with Gasteiger partial charge in [-0.25, -0.2) is 9.59 Å². The van der Waals surface area contributed by atoms with Gasteiger partial charge in [0.2, 0.25) is 11.2 Å². The Bertz CT molecular complexity index is 3860. The predicted octanol–water partition coefficient (Wildman–Crippen LogP) is 19.3. The van der Waals surface area contributed by atoms with Gasteiger partial charge in [0.1, 0.15) is 12.2 Å². The number of aliphatic hydroxyl groups is 2. The fourth-order valence-corrected chi connectivity index (χ4v) is 15.3. The van der Waals surface area contributed by atoms with Crippen LogP contribution in [0, 0.1) is 115 Å². The standard InChI is InChI=1S/2C21H26INO6.2C11H14INO3.C6H3I2NO2/c2*1-18(2,3)15(13-8-7-12(22)11-14(13)23(26)27)28-17(25)21-10-9-20(6,16(24)29-21)19(21,4)5;2*1-11(2,3)10(14)8-5-4-7(12)6-9(8)13(15)16;7-4-1-2-5(8)6(3-4)9(10)11/h2*7-8,11,15H,9-10H2,1-6H3;2*4-6,10,14H,1-3H3;1-3H/t15?,20-,21+;15-,20-,21+;10-;;/m000../s1. The first-order valence-electron chi connectivity index (χ1n) is 31.5. The Kier molecular flexibility index (Phi) is 27.7. The number of fused-ring (bicyclic) bond motifs is 4. The summed E-state index contributed by atoms with van der Waals surface area (Å²) in [5.74, 6) is -2.05. The van der Waals surface area contributed by atoms with Gasteiger partial charge >= 0.3 is 23.9 Å². The van der Waals surface area contributed by atoms with Crippen LogP contribution < -0.4 is 0 Å². The molecule has 0 aromatic heterocycles. The van der Waals surface area contributed by atoms with Crippen molar-refractivity contribution >= 4 is 188 Å². The van der Waals surface area contributed by atoms with Crippen LogP contribution in [0.25, 0.3) is 0 Å². The highest BCUT2D eigenvalue weighted by atomic mass is 127. The summed E-state index contributed by atoms with van der Waals surface area (Å²) in [6, 6.07) is 24.5. The van der Waals surface area contributed by atoms with Crippen LogP contribution in [0.2, 0.25) is 0 Å². The lowest BCUT2D eigenvalue weighted by molar-refractivity contribution is -0.386. The zero-order valence-electron chi connectivity index (χ0n) is 59.0. The van der Waals surface area contributed by atoms with E-state index in [0.717, 1.165) is 10.7 Å². The number of esters is 4. The highest BCUT2D eigenvalue weighted by Crippen LogP contribution is 2.68. The molecule has 2 N–H and O–H groups in total. The third kappa shape index (κ3) is 18.4. The number of hydrogen-bond donors (Lipinski definition) is 2. The van der Waals surface area contributed by atoms with E-state index >= 15 is 0 Å². The quantitative estimate of drug-likeness (QED) is 0.0363.